The summed E-state index contributed by atoms with van der Waals surface area (Å²) in [5.74, 6) is 1.48. The fraction of sp³-hybridized carbons (Fsp3) is 1.00. The second-order valence-electron chi connectivity index (χ2n) is 6.23. The first kappa shape index (κ1) is 14.3. The summed E-state index contributed by atoms with van der Waals surface area (Å²) in [4.78, 5) is 2.73. The van der Waals surface area contributed by atoms with Crippen LogP contribution in [0.1, 0.15) is 45.4 Å². The molecule has 2 rings (SSSR count). The van der Waals surface area contributed by atoms with Crippen LogP contribution >= 0.6 is 0 Å². The Morgan fingerprint density at radius 1 is 1.22 bits per heavy atom. The number of fused-ring (bicyclic) bond motifs is 1. The van der Waals surface area contributed by atoms with Gasteiger partial charge in [-0.2, -0.15) is 0 Å². The maximum absolute atomic E-state index is 6.06. The highest BCUT2D eigenvalue weighted by Crippen LogP contribution is 2.37. The van der Waals surface area contributed by atoms with Gasteiger partial charge in [-0.25, -0.2) is 0 Å². The van der Waals surface area contributed by atoms with Crippen LogP contribution in [-0.4, -0.2) is 43.8 Å². The van der Waals surface area contributed by atoms with Crippen molar-refractivity contribution in [2.45, 2.75) is 57.5 Å². The molecule has 2 unspecified atom stereocenters. The lowest BCUT2D eigenvalue weighted by Gasteiger charge is -2.49. The maximum atomic E-state index is 6.06. The van der Waals surface area contributed by atoms with E-state index in [-0.39, 0.29) is 0 Å². The highest BCUT2D eigenvalue weighted by Gasteiger charge is 2.37. The van der Waals surface area contributed by atoms with E-state index < -0.39 is 0 Å². The summed E-state index contributed by atoms with van der Waals surface area (Å²) in [6.07, 6.45) is 8.48. The van der Waals surface area contributed by atoms with E-state index in [0.29, 0.717) is 12.0 Å². The smallest absolute Gasteiger partial charge is 0.0503 e. The van der Waals surface area contributed by atoms with Crippen LogP contribution in [0.5, 0.6) is 0 Å². The van der Waals surface area contributed by atoms with Gasteiger partial charge in [-0.3, -0.25) is 4.90 Å². The van der Waals surface area contributed by atoms with E-state index in [0.717, 1.165) is 25.1 Å². The Morgan fingerprint density at radius 3 is 2.67 bits per heavy atom. The zero-order valence-corrected chi connectivity index (χ0v) is 12.1. The van der Waals surface area contributed by atoms with Crippen LogP contribution in [0.25, 0.3) is 0 Å². The minimum atomic E-state index is 0.510. The second-order valence-corrected chi connectivity index (χ2v) is 6.23. The molecule has 3 heteroatoms. The molecule has 0 radical (unpaired) electrons. The summed E-state index contributed by atoms with van der Waals surface area (Å²) in [7, 11) is 1.80. The van der Waals surface area contributed by atoms with E-state index in [9.17, 15) is 0 Å². The Balaban J connectivity index is 2.03. The molecule has 18 heavy (non-hydrogen) atoms. The molecule has 0 amide bonds. The molecule has 2 aliphatic rings. The topological polar surface area (TPSA) is 38.5 Å². The Kier molecular flexibility index (Phi) is 5.46. The van der Waals surface area contributed by atoms with E-state index >= 15 is 0 Å². The SMILES string of the molecule is COCC(C)C(CN)N1CCC[C@H]2CCCC[C@H]21. The summed E-state index contributed by atoms with van der Waals surface area (Å²) in [6, 6.07) is 1.32. The normalized spacial score (nSPS) is 32.8. The van der Waals surface area contributed by atoms with E-state index in [1.807, 2.05) is 0 Å². The number of methoxy groups -OCH3 is 1. The molecule has 1 saturated heterocycles. The van der Waals surface area contributed by atoms with Crippen LogP contribution < -0.4 is 5.73 Å². The molecule has 3 nitrogen and oxygen atoms in total. The molecule has 0 aromatic rings. The third-order valence-corrected chi connectivity index (χ3v) is 5.04. The predicted octanol–water partition coefficient (Wildman–Crippen LogP) is 2.25. The molecule has 1 heterocycles. The fourth-order valence-corrected chi connectivity index (χ4v) is 4.14. The van der Waals surface area contributed by atoms with Crippen LogP contribution in [0.4, 0.5) is 0 Å². The molecule has 0 aromatic heterocycles. The first-order valence-corrected chi connectivity index (χ1v) is 7.72. The summed E-state index contributed by atoms with van der Waals surface area (Å²) >= 11 is 0. The van der Waals surface area contributed by atoms with Crippen molar-refractivity contribution >= 4 is 0 Å². The van der Waals surface area contributed by atoms with E-state index in [1.165, 1.54) is 45.1 Å². The number of hydrogen-bond donors (Lipinski definition) is 1. The van der Waals surface area contributed by atoms with Crippen molar-refractivity contribution in [1.29, 1.82) is 0 Å². The van der Waals surface area contributed by atoms with Crippen LogP contribution in [0, 0.1) is 11.8 Å². The standard InChI is InChI=1S/C15H30N2O/c1-12(11-18-2)15(10-16)17-9-5-7-13-6-3-4-8-14(13)17/h12-15H,3-11,16H2,1-2H3/t12?,13-,14-,15?/m1/s1. The van der Waals surface area contributed by atoms with Crippen LogP contribution in [0.15, 0.2) is 0 Å². The van der Waals surface area contributed by atoms with E-state index in [1.54, 1.807) is 7.11 Å². The minimum Gasteiger partial charge on any atom is -0.384 e. The van der Waals surface area contributed by atoms with Gasteiger partial charge in [0.1, 0.15) is 0 Å². The molecule has 1 aliphatic heterocycles. The van der Waals surface area contributed by atoms with E-state index in [4.69, 9.17) is 10.5 Å². The number of hydrogen-bond acceptors (Lipinski definition) is 3. The van der Waals surface area contributed by atoms with Gasteiger partial charge < -0.3 is 10.5 Å². The predicted molar refractivity (Wildman–Crippen MR) is 75.6 cm³/mol. The first-order valence-electron chi connectivity index (χ1n) is 7.72. The second kappa shape index (κ2) is 6.88. The number of rotatable bonds is 5. The van der Waals surface area contributed by atoms with Gasteiger partial charge in [-0.15, -0.1) is 0 Å². The van der Waals surface area contributed by atoms with Crippen molar-refractivity contribution in [3.8, 4) is 0 Å². The van der Waals surface area contributed by atoms with Crippen molar-refractivity contribution in [1.82, 2.24) is 4.90 Å². The quantitative estimate of drug-likeness (QED) is 0.818. The Morgan fingerprint density at radius 2 is 1.94 bits per heavy atom. The van der Waals surface area contributed by atoms with Gasteiger partial charge in [0.15, 0.2) is 0 Å². The van der Waals surface area contributed by atoms with E-state index in [2.05, 4.69) is 11.8 Å². The van der Waals surface area contributed by atoms with Crippen LogP contribution in [0.3, 0.4) is 0 Å². The molecular formula is C15H30N2O. The highest BCUT2D eigenvalue weighted by molar-refractivity contribution is 4.92. The largest absolute Gasteiger partial charge is 0.384 e. The number of likely N-dealkylation sites (tertiary alicyclic amines) is 1. The number of ether oxygens (including phenoxy) is 1. The first-order chi connectivity index (χ1) is 8.77. The molecule has 2 fully saturated rings. The zero-order valence-electron chi connectivity index (χ0n) is 12.1. The van der Waals surface area contributed by atoms with Crippen LogP contribution in [0.2, 0.25) is 0 Å². The lowest BCUT2D eigenvalue weighted by Crippen LogP contribution is -2.56. The number of nitrogens with zero attached hydrogens (tertiary/aromatic N) is 1. The molecule has 0 spiro atoms. The monoisotopic (exact) mass is 254 g/mol. The number of piperidine rings is 1. The van der Waals surface area contributed by atoms with Crippen molar-refractivity contribution in [3.63, 3.8) is 0 Å². The highest BCUT2D eigenvalue weighted by atomic mass is 16.5. The van der Waals surface area contributed by atoms with Gasteiger partial charge in [0.05, 0.1) is 6.61 Å². The van der Waals surface area contributed by atoms with Gasteiger partial charge in [0, 0.05) is 25.7 Å². The summed E-state index contributed by atoms with van der Waals surface area (Å²) < 4.78 is 5.33. The van der Waals surface area contributed by atoms with Crippen molar-refractivity contribution < 1.29 is 4.74 Å². The third-order valence-electron chi connectivity index (χ3n) is 5.04. The van der Waals surface area contributed by atoms with Gasteiger partial charge >= 0.3 is 0 Å². The Bertz CT molecular complexity index is 245. The van der Waals surface area contributed by atoms with Gasteiger partial charge in [0.25, 0.3) is 0 Å². The van der Waals surface area contributed by atoms with Crippen molar-refractivity contribution in [2.24, 2.45) is 17.6 Å². The summed E-state index contributed by atoms with van der Waals surface area (Å²) in [5, 5.41) is 0. The summed E-state index contributed by atoms with van der Waals surface area (Å²) in [6.45, 7) is 5.13. The average molecular weight is 254 g/mol. The molecule has 106 valence electrons. The fourth-order valence-electron chi connectivity index (χ4n) is 4.14. The molecule has 0 aromatic carbocycles. The molecule has 0 bridgehead atoms. The lowest BCUT2D eigenvalue weighted by atomic mass is 9.77. The van der Waals surface area contributed by atoms with Gasteiger partial charge in [0.2, 0.25) is 0 Å². The molecule has 1 aliphatic carbocycles. The maximum Gasteiger partial charge on any atom is 0.0503 e. The minimum absolute atomic E-state index is 0.510. The van der Waals surface area contributed by atoms with Crippen molar-refractivity contribution in [3.05, 3.63) is 0 Å². The zero-order chi connectivity index (χ0) is 13.0. The lowest BCUT2D eigenvalue weighted by molar-refractivity contribution is -0.00399. The third kappa shape index (κ3) is 3.06. The average Bonchev–Trinajstić information content (AvgIpc) is 2.40. The molecule has 2 N–H and O–H groups in total. The Labute approximate surface area is 112 Å². The molecule has 1 saturated carbocycles. The molecule has 4 atom stereocenters. The summed E-state index contributed by atoms with van der Waals surface area (Å²) in [5.41, 5.74) is 6.06. The van der Waals surface area contributed by atoms with Gasteiger partial charge in [-0.05, 0) is 44.1 Å². The number of nitrogens with two attached hydrogens (primary N) is 1. The molecular weight excluding hydrogens is 224 g/mol. The Hall–Kier alpha value is -0.120. The van der Waals surface area contributed by atoms with Crippen LogP contribution in [-0.2, 0) is 4.74 Å². The van der Waals surface area contributed by atoms with Gasteiger partial charge in [-0.1, -0.05) is 19.8 Å². The van der Waals surface area contributed by atoms with Crippen molar-refractivity contribution in [2.75, 3.05) is 26.8 Å².